The Kier molecular flexibility index (Phi) is 5.80. The zero-order valence-electron chi connectivity index (χ0n) is 12.9. The van der Waals surface area contributed by atoms with Crippen LogP contribution in [0.2, 0.25) is 0 Å². The van der Waals surface area contributed by atoms with E-state index in [1.165, 1.54) is 4.90 Å². The maximum Gasteiger partial charge on any atom is 0.410 e. The summed E-state index contributed by atoms with van der Waals surface area (Å²) in [5.74, 6) is 0.148. The molecule has 1 atom stereocenters. The third-order valence-corrected chi connectivity index (χ3v) is 3.18. The Bertz CT molecular complexity index is 352. The third kappa shape index (κ3) is 5.36. The molecule has 0 saturated carbocycles. The SMILES string of the molecule is CN(CCCN1CC(CO)CC1=O)C(=O)OC(C)(C)C. The second-order valence-electron chi connectivity index (χ2n) is 6.35. The maximum atomic E-state index is 11.7. The van der Waals surface area contributed by atoms with E-state index in [1.807, 2.05) is 20.8 Å². The van der Waals surface area contributed by atoms with E-state index in [-0.39, 0.29) is 24.5 Å². The number of nitrogens with zero attached hydrogens (tertiary/aromatic N) is 2. The predicted molar refractivity (Wildman–Crippen MR) is 75.3 cm³/mol. The van der Waals surface area contributed by atoms with Gasteiger partial charge < -0.3 is 19.6 Å². The summed E-state index contributed by atoms with van der Waals surface area (Å²) >= 11 is 0. The van der Waals surface area contributed by atoms with Gasteiger partial charge >= 0.3 is 6.09 Å². The van der Waals surface area contributed by atoms with Crippen molar-refractivity contribution in [3.8, 4) is 0 Å². The molecule has 0 radical (unpaired) electrons. The molecule has 116 valence electrons. The fraction of sp³-hybridized carbons (Fsp3) is 0.857. The molecule has 1 rings (SSSR count). The summed E-state index contributed by atoms with van der Waals surface area (Å²) in [6.45, 7) is 7.32. The van der Waals surface area contributed by atoms with Crippen LogP contribution in [0.5, 0.6) is 0 Å². The minimum Gasteiger partial charge on any atom is -0.444 e. The van der Waals surface area contributed by atoms with E-state index in [2.05, 4.69) is 0 Å². The van der Waals surface area contributed by atoms with Crippen LogP contribution in [-0.2, 0) is 9.53 Å². The number of carbonyl (C=O) groups is 2. The average Bonchev–Trinajstić information content (AvgIpc) is 2.68. The molecule has 0 aromatic rings. The van der Waals surface area contributed by atoms with Gasteiger partial charge in [-0.2, -0.15) is 0 Å². The number of rotatable bonds is 5. The van der Waals surface area contributed by atoms with Gasteiger partial charge in [-0.05, 0) is 27.2 Å². The molecule has 1 saturated heterocycles. The lowest BCUT2D eigenvalue weighted by atomic mass is 10.1. The molecule has 1 unspecified atom stereocenters. The van der Waals surface area contributed by atoms with Crippen molar-refractivity contribution in [3.63, 3.8) is 0 Å². The monoisotopic (exact) mass is 286 g/mol. The molecule has 1 fully saturated rings. The Morgan fingerprint density at radius 2 is 2.15 bits per heavy atom. The van der Waals surface area contributed by atoms with Crippen LogP contribution in [0.4, 0.5) is 4.79 Å². The summed E-state index contributed by atoms with van der Waals surface area (Å²) in [5.41, 5.74) is -0.495. The van der Waals surface area contributed by atoms with Crippen molar-refractivity contribution in [2.45, 2.75) is 39.2 Å². The number of aliphatic hydroxyl groups excluding tert-OH is 1. The lowest BCUT2D eigenvalue weighted by Crippen LogP contribution is -2.36. The van der Waals surface area contributed by atoms with Crippen molar-refractivity contribution in [2.24, 2.45) is 5.92 Å². The molecule has 0 aromatic carbocycles. The van der Waals surface area contributed by atoms with Gasteiger partial charge in [0.15, 0.2) is 0 Å². The minimum atomic E-state index is -0.495. The van der Waals surface area contributed by atoms with Crippen molar-refractivity contribution in [3.05, 3.63) is 0 Å². The van der Waals surface area contributed by atoms with E-state index >= 15 is 0 Å². The molecular weight excluding hydrogens is 260 g/mol. The van der Waals surface area contributed by atoms with Gasteiger partial charge in [-0.3, -0.25) is 4.79 Å². The second-order valence-corrected chi connectivity index (χ2v) is 6.35. The Balaban J connectivity index is 2.27. The summed E-state index contributed by atoms with van der Waals surface area (Å²) in [4.78, 5) is 26.7. The molecule has 20 heavy (non-hydrogen) atoms. The van der Waals surface area contributed by atoms with Crippen molar-refractivity contribution in [2.75, 3.05) is 33.3 Å². The third-order valence-electron chi connectivity index (χ3n) is 3.18. The molecule has 0 spiro atoms. The molecule has 2 amide bonds. The van der Waals surface area contributed by atoms with E-state index < -0.39 is 5.60 Å². The van der Waals surface area contributed by atoms with Crippen LogP contribution in [0.3, 0.4) is 0 Å². The topological polar surface area (TPSA) is 70.1 Å². The first-order chi connectivity index (χ1) is 9.23. The van der Waals surface area contributed by atoms with E-state index in [4.69, 9.17) is 9.84 Å². The molecular formula is C14H26N2O4. The van der Waals surface area contributed by atoms with E-state index in [0.29, 0.717) is 32.5 Å². The van der Waals surface area contributed by atoms with Crippen LogP contribution in [0, 0.1) is 5.92 Å². The van der Waals surface area contributed by atoms with E-state index in [1.54, 1.807) is 11.9 Å². The Morgan fingerprint density at radius 1 is 1.50 bits per heavy atom. The molecule has 1 aliphatic rings. The van der Waals surface area contributed by atoms with E-state index in [9.17, 15) is 9.59 Å². The van der Waals surface area contributed by atoms with Crippen molar-refractivity contribution >= 4 is 12.0 Å². The largest absolute Gasteiger partial charge is 0.444 e. The maximum absolute atomic E-state index is 11.7. The molecule has 1 heterocycles. The summed E-state index contributed by atoms with van der Waals surface area (Å²) in [5, 5.41) is 9.05. The highest BCUT2D eigenvalue weighted by Gasteiger charge is 2.28. The van der Waals surface area contributed by atoms with Crippen LogP contribution >= 0.6 is 0 Å². The summed E-state index contributed by atoms with van der Waals surface area (Å²) < 4.78 is 5.25. The summed E-state index contributed by atoms with van der Waals surface area (Å²) in [7, 11) is 1.69. The molecule has 6 nitrogen and oxygen atoms in total. The molecule has 1 N–H and O–H groups in total. The van der Waals surface area contributed by atoms with Gasteiger partial charge in [0.1, 0.15) is 5.60 Å². The smallest absolute Gasteiger partial charge is 0.410 e. The highest BCUT2D eigenvalue weighted by atomic mass is 16.6. The Labute approximate surface area is 120 Å². The quantitative estimate of drug-likeness (QED) is 0.821. The number of hydrogen-bond acceptors (Lipinski definition) is 4. The lowest BCUT2D eigenvalue weighted by molar-refractivity contribution is -0.127. The van der Waals surface area contributed by atoms with Crippen LogP contribution in [0.25, 0.3) is 0 Å². The van der Waals surface area contributed by atoms with Crippen molar-refractivity contribution in [1.82, 2.24) is 9.80 Å². The molecule has 0 aromatic heterocycles. The fourth-order valence-corrected chi connectivity index (χ4v) is 2.12. The van der Waals surface area contributed by atoms with Gasteiger partial charge in [-0.25, -0.2) is 4.79 Å². The predicted octanol–water partition coefficient (Wildman–Crippen LogP) is 1.08. The molecule has 1 aliphatic heterocycles. The number of likely N-dealkylation sites (tertiary alicyclic amines) is 1. The van der Waals surface area contributed by atoms with E-state index in [0.717, 1.165) is 0 Å². The van der Waals surface area contributed by atoms with Gasteiger partial charge in [-0.1, -0.05) is 0 Å². The molecule has 6 heteroatoms. The molecule has 0 aliphatic carbocycles. The zero-order valence-corrected chi connectivity index (χ0v) is 12.9. The number of hydrogen-bond donors (Lipinski definition) is 1. The van der Waals surface area contributed by atoms with Crippen LogP contribution in [0.15, 0.2) is 0 Å². The Hall–Kier alpha value is -1.30. The summed E-state index contributed by atoms with van der Waals surface area (Å²) in [6, 6.07) is 0. The van der Waals surface area contributed by atoms with Crippen LogP contribution in [0.1, 0.15) is 33.6 Å². The highest BCUT2D eigenvalue weighted by Crippen LogP contribution is 2.17. The number of aliphatic hydroxyl groups is 1. The van der Waals surface area contributed by atoms with Gasteiger partial charge in [0, 0.05) is 45.6 Å². The lowest BCUT2D eigenvalue weighted by Gasteiger charge is -2.25. The van der Waals surface area contributed by atoms with Gasteiger partial charge in [0.25, 0.3) is 0 Å². The first-order valence-corrected chi connectivity index (χ1v) is 7.05. The summed E-state index contributed by atoms with van der Waals surface area (Å²) in [6.07, 6.45) is 0.788. The first kappa shape index (κ1) is 16.8. The van der Waals surface area contributed by atoms with Crippen molar-refractivity contribution < 1.29 is 19.4 Å². The zero-order chi connectivity index (χ0) is 15.3. The number of ether oxygens (including phenoxy) is 1. The van der Waals surface area contributed by atoms with Crippen molar-refractivity contribution in [1.29, 1.82) is 0 Å². The van der Waals surface area contributed by atoms with Crippen LogP contribution < -0.4 is 0 Å². The average molecular weight is 286 g/mol. The fourth-order valence-electron chi connectivity index (χ4n) is 2.12. The normalized spacial score (nSPS) is 19.4. The standard InChI is InChI=1S/C14H26N2O4/c1-14(2,3)20-13(19)15(4)6-5-7-16-9-11(10-17)8-12(16)18/h11,17H,5-10H2,1-4H3. The van der Waals surface area contributed by atoms with Crippen LogP contribution in [-0.4, -0.2) is 65.8 Å². The highest BCUT2D eigenvalue weighted by molar-refractivity contribution is 5.78. The van der Waals surface area contributed by atoms with Gasteiger partial charge in [0.2, 0.25) is 5.91 Å². The Morgan fingerprint density at radius 3 is 2.65 bits per heavy atom. The number of carbonyl (C=O) groups excluding carboxylic acids is 2. The van der Waals surface area contributed by atoms with Gasteiger partial charge in [0.05, 0.1) is 0 Å². The minimum absolute atomic E-state index is 0.0556. The van der Waals surface area contributed by atoms with Gasteiger partial charge in [-0.15, -0.1) is 0 Å². The first-order valence-electron chi connectivity index (χ1n) is 7.05. The number of amides is 2. The second kappa shape index (κ2) is 6.92. The molecule has 0 bridgehead atoms.